The molecule has 0 bridgehead atoms. The van der Waals surface area contributed by atoms with Gasteiger partial charge in [0.2, 0.25) is 0 Å². The smallest absolute Gasteiger partial charge is 0.187 e. The fraction of sp³-hybridized carbons (Fsp3) is 0.250. The highest BCUT2D eigenvalue weighted by atomic mass is 32.2. The Kier molecular flexibility index (Phi) is 7.28. The second-order valence-corrected chi connectivity index (χ2v) is 8.15. The SMILES string of the molecule is Cc1c(OCCCCSc2ncccn2)ccnc1CNc1cnc2ccccc2c1. The van der Waals surface area contributed by atoms with Crippen molar-refractivity contribution in [3.63, 3.8) is 0 Å². The number of anilines is 1. The van der Waals surface area contributed by atoms with Crippen molar-refractivity contribution in [3.05, 3.63) is 78.5 Å². The molecule has 0 spiro atoms. The first-order chi connectivity index (χ1) is 15.3. The second kappa shape index (κ2) is 10.7. The van der Waals surface area contributed by atoms with Gasteiger partial charge >= 0.3 is 0 Å². The molecular weight excluding hydrogens is 406 g/mol. The van der Waals surface area contributed by atoms with E-state index in [2.05, 4.69) is 44.3 Å². The number of aromatic nitrogens is 4. The Bertz CT molecular complexity index is 1120. The first-order valence-corrected chi connectivity index (χ1v) is 11.3. The lowest BCUT2D eigenvalue weighted by Gasteiger charge is -2.13. The lowest BCUT2D eigenvalue weighted by atomic mass is 10.2. The van der Waals surface area contributed by atoms with Crippen LogP contribution in [0.1, 0.15) is 24.1 Å². The van der Waals surface area contributed by atoms with E-state index in [1.807, 2.05) is 36.5 Å². The normalized spacial score (nSPS) is 10.9. The lowest BCUT2D eigenvalue weighted by molar-refractivity contribution is 0.307. The zero-order valence-corrected chi connectivity index (χ0v) is 18.3. The van der Waals surface area contributed by atoms with Crippen LogP contribution in [0.25, 0.3) is 10.9 Å². The van der Waals surface area contributed by atoms with Gasteiger partial charge < -0.3 is 10.1 Å². The van der Waals surface area contributed by atoms with Crippen molar-refractivity contribution in [2.75, 3.05) is 17.7 Å². The summed E-state index contributed by atoms with van der Waals surface area (Å²) in [7, 11) is 0. The summed E-state index contributed by atoms with van der Waals surface area (Å²) in [6.07, 6.45) is 9.24. The summed E-state index contributed by atoms with van der Waals surface area (Å²) in [5, 5.41) is 5.37. The number of hydrogen-bond acceptors (Lipinski definition) is 7. The fourth-order valence-electron chi connectivity index (χ4n) is 3.16. The third-order valence-corrected chi connectivity index (χ3v) is 5.84. The Balaban J connectivity index is 1.25. The molecule has 0 saturated carbocycles. The maximum atomic E-state index is 6.02. The van der Waals surface area contributed by atoms with Crippen LogP contribution in [0.2, 0.25) is 0 Å². The Morgan fingerprint density at radius 1 is 0.935 bits per heavy atom. The van der Waals surface area contributed by atoms with Crippen LogP contribution in [-0.4, -0.2) is 32.3 Å². The zero-order valence-electron chi connectivity index (χ0n) is 17.5. The van der Waals surface area contributed by atoms with Crippen LogP contribution in [-0.2, 0) is 6.54 Å². The summed E-state index contributed by atoms with van der Waals surface area (Å²) >= 11 is 1.68. The van der Waals surface area contributed by atoms with E-state index >= 15 is 0 Å². The molecule has 0 saturated heterocycles. The van der Waals surface area contributed by atoms with Gasteiger partial charge in [0.1, 0.15) is 5.75 Å². The van der Waals surface area contributed by atoms with E-state index in [-0.39, 0.29) is 0 Å². The molecule has 0 amide bonds. The molecule has 1 aromatic carbocycles. The molecule has 0 aliphatic heterocycles. The van der Waals surface area contributed by atoms with Crippen molar-refractivity contribution in [2.24, 2.45) is 0 Å². The van der Waals surface area contributed by atoms with E-state index in [4.69, 9.17) is 4.74 Å². The van der Waals surface area contributed by atoms with Crippen LogP contribution in [0.15, 0.2) is 72.4 Å². The first kappa shape index (κ1) is 21.1. The molecule has 7 heteroatoms. The van der Waals surface area contributed by atoms with Crippen LogP contribution in [0, 0.1) is 6.92 Å². The van der Waals surface area contributed by atoms with Gasteiger partial charge in [0, 0.05) is 35.3 Å². The van der Waals surface area contributed by atoms with Crippen LogP contribution in [0.4, 0.5) is 5.69 Å². The molecule has 0 atom stereocenters. The summed E-state index contributed by atoms with van der Waals surface area (Å²) in [5.74, 6) is 1.87. The van der Waals surface area contributed by atoms with Crippen molar-refractivity contribution < 1.29 is 4.74 Å². The van der Waals surface area contributed by atoms with Crippen LogP contribution in [0.3, 0.4) is 0 Å². The Labute approximate surface area is 186 Å². The van der Waals surface area contributed by atoms with Gasteiger partial charge in [-0.1, -0.05) is 30.0 Å². The molecule has 31 heavy (non-hydrogen) atoms. The van der Waals surface area contributed by atoms with Gasteiger partial charge in [-0.15, -0.1) is 0 Å². The number of rotatable bonds is 10. The van der Waals surface area contributed by atoms with E-state index in [0.717, 1.165) is 57.3 Å². The molecule has 1 N–H and O–H groups in total. The number of unbranched alkanes of at least 4 members (excludes halogenated alkanes) is 1. The Morgan fingerprint density at radius 2 is 1.81 bits per heavy atom. The number of pyridine rings is 2. The summed E-state index contributed by atoms with van der Waals surface area (Å²) in [6.45, 7) is 3.36. The maximum absolute atomic E-state index is 6.02. The Hall–Kier alpha value is -3.19. The van der Waals surface area contributed by atoms with Crippen LogP contribution >= 0.6 is 11.8 Å². The number of nitrogens with one attached hydrogen (secondary N) is 1. The minimum absolute atomic E-state index is 0.622. The number of nitrogens with zero attached hydrogens (tertiary/aromatic N) is 4. The molecule has 0 unspecified atom stereocenters. The monoisotopic (exact) mass is 431 g/mol. The number of benzene rings is 1. The van der Waals surface area contributed by atoms with Crippen molar-refractivity contribution >= 4 is 28.4 Å². The predicted molar refractivity (Wildman–Crippen MR) is 126 cm³/mol. The number of hydrogen-bond donors (Lipinski definition) is 1. The largest absolute Gasteiger partial charge is 0.493 e. The lowest BCUT2D eigenvalue weighted by Crippen LogP contribution is -2.07. The molecule has 4 rings (SSSR count). The highest BCUT2D eigenvalue weighted by Gasteiger charge is 2.07. The van der Waals surface area contributed by atoms with E-state index in [1.165, 1.54) is 0 Å². The second-order valence-electron chi connectivity index (χ2n) is 7.09. The van der Waals surface area contributed by atoms with E-state index in [0.29, 0.717) is 13.2 Å². The van der Waals surface area contributed by atoms with Crippen molar-refractivity contribution in [1.29, 1.82) is 0 Å². The summed E-state index contributed by atoms with van der Waals surface area (Å²) in [4.78, 5) is 17.5. The van der Waals surface area contributed by atoms with Crippen molar-refractivity contribution in [2.45, 2.75) is 31.5 Å². The van der Waals surface area contributed by atoms with Crippen molar-refractivity contribution in [3.8, 4) is 5.75 Å². The quantitative estimate of drug-likeness (QED) is 0.208. The van der Waals surface area contributed by atoms with Gasteiger partial charge in [-0.05, 0) is 44.0 Å². The summed E-state index contributed by atoms with van der Waals surface area (Å²) in [5.41, 5.74) is 4.01. The van der Waals surface area contributed by atoms with Gasteiger partial charge in [0.25, 0.3) is 0 Å². The van der Waals surface area contributed by atoms with Gasteiger partial charge in [-0.3, -0.25) is 9.97 Å². The number of thioether (sulfide) groups is 1. The third-order valence-electron chi connectivity index (χ3n) is 4.88. The minimum atomic E-state index is 0.622. The van der Waals surface area contributed by atoms with Crippen LogP contribution in [0.5, 0.6) is 5.75 Å². The third kappa shape index (κ3) is 5.92. The molecule has 0 aliphatic carbocycles. The predicted octanol–water partition coefficient (Wildman–Crippen LogP) is 5.29. The number of fused-ring (bicyclic) bond motifs is 1. The molecule has 4 aromatic rings. The fourth-order valence-corrected chi connectivity index (χ4v) is 3.96. The van der Waals surface area contributed by atoms with E-state index in [1.54, 1.807) is 30.4 Å². The van der Waals surface area contributed by atoms with Gasteiger partial charge in [-0.25, -0.2) is 9.97 Å². The van der Waals surface area contributed by atoms with Gasteiger partial charge in [0.15, 0.2) is 5.16 Å². The number of ether oxygens (including phenoxy) is 1. The van der Waals surface area contributed by atoms with Crippen LogP contribution < -0.4 is 10.1 Å². The first-order valence-electron chi connectivity index (χ1n) is 10.4. The molecule has 0 fully saturated rings. The highest BCUT2D eigenvalue weighted by Crippen LogP contribution is 2.22. The summed E-state index contributed by atoms with van der Waals surface area (Å²) < 4.78 is 6.02. The average molecular weight is 432 g/mol. The molecule has 0 aliphatic rings. The summed E-state index contributed by atoms with van der Waals surface area (Å²) in [6, 6.07) is 14.0. The maximum Gasteiger partial charge on any atom is 0.187 e. The standard InChI is InChI=1S/C24H25N5OS/c1-18-22(17-28-20-15-19-7-2-3-8-21(19)29-16-20)25-12-9-23(18)30-13-4-5-14-31-24-26-10-6-11-27-24/h2-3,6-12,15-16,28H,4-5,13-14,17H2,1H3. The average Bonchev–Trinajstić information content (AvgIpc) is 2.82. The van der Waals surface area contributed by atoms with Gasteiger partial charge in [0.05, 0.1) is 36.2 Å². The Morgan fingerprint density at radius 3 is 2.71 bits per heavy atom. The molecule has 3 aromatic heterocycles. The number of para-hydroxylation sites is 1. The molecule has 3 heterocycles. The minimum Gasteiger partial charge on any atom is -0.493 e. The van der Waals surface area contributed by atoms with E-state index in [9.17, 15) is 0 Å². The van der Waals surface area contributed by atoms with E-state index < -0.39 is 0 Å². The molecule has 0 radical (unpaired) electrons. The zero-order chi connectivity index (χ0) is 21.3. The topological polar surface area (TPSA) is 72.8 Å². The van der Waals surface area contributed by atoms with Gasteiger partial charge in [-0.2, -0.15) is 0 Å². The molecule has 158 valence electrons. The highest BCUT2D eigenvalue weighted by molar-refractivity contribution is 7.99. The van der Waals surface area contributed by atoms with Crippen molar-refractivity contribution in [1.82, 2.24) is 19.9 Å². The molecular formula is C24H25N5OS. The molecule has 6 nitrogen and oxygen atoms in total.